The number of fused-ring (bicyclic) bond motifs is 1. The zero-order valence-corrected chi connectivity index (χ0v) is 14.3. The van der Waals surface area contributed by atoms with Crippen LogP contribution < -0.4 is 0 Å². The second kappa shape index (κ2) is 6.63. The molecule has 0 saturated carbocycles. The van der Waals surface area contributed by atoms with Crippen LogP contribution in [-0.2, 0) is 11.3 Å². The molecule has 4 rings (SSSR count). The first-order valence-corrected chi connectivity index (χ1v) is 8.68. The standard InChI is InChI=1S/C19H21N5O/c1-14-22-16-6-2-3-7-18(16)24(14)13-19(25)23-10-4-5-15(12-23)17-11-20-8-9-21-17/h2-3,6-9,11,15H,4-5,10,12-13H2,1H3. The van der Waals surface area contributed by atoms with Crippen molar-refractivity contribution in [2.24, 2.45) is 0 Å². The van der Waals surface area contributed by atoms with Crippen LogP contribution in [0.1, 0.15) is 30.3 Å². The van der Waals surface area contributed by atoms with E-state index in [1.807, 2.05) is 46.9 Å². The average Bonchev–Trinajstić information content (AvgIpc) is 2.98. The van der Waals surface area contributed by atoms with Crippen molar-refractivity contribution in [1.29, 1.82) is 0 Å². The molecule has 0 bridgehead atoms. The number of carbonyl (C=O) groups is 1. The van der Waals surface area contributed by atoms with Crippen molar-refractivity contribution in [2.45, 2.75) is 32.2 Å². The number of nitrogens with zero attached hydrogens (tertiary/aromatic N) is 5. The third-order valence-electron chi connectivity index (χ3n) is 4.91. The van der Waals surface area contributed by atoms with Gasteiger partial charge in [-0.05, 0) is 31.9 Å². The molecule has 0 radical (unpaired) electrons. The van der Waals surface area contributed by atoms with Gasteiger partial charge < -0.3 is 9.47 Å². The lowest BCUT2D eigenvalue weighted by Crippen LogP contribution is -2.41. The summed E-state index contributed by atoms with van der Waals surface area (Å²) in [5, 5.41) is 0. The van der Waals surface area contributed by atoms with Gasteiger partial charge in [0.05, 0.1) is 16.7 Å². The van der Waals surface area contributed by atoms with Crippen molar-refractivity contribution in [1.82, 2.24) is 24.4 Å². The van der Waals surface area contributed by atoms with Gasteiger partial charge in [-0.25, -0.2) is 4.98 Å². The minimum absolute atomic E-state index is 0.139. The monoisotopic (exact) mass is 335 g/mol. The Bertz CT molecular complexity index is 889. The maximum atomic E-state index is 12.9. The molecule has 0 spiro atoms. The number of hydrogen-bond acceptors (Lipinski definition) is 4. The zero-order chi connectivity index (χ0) is 17.2. The van der Waals surface area contributed by atoms with Gasteiger partial charge in [-0.2, -0.15) is 0 Å². The summed E-state index contributed by atoms with van der Waals surface area (Å²) in [4.78, 5) is 28.0. The van der Waals surface area contributed by atoms with Crippen molar-refractivity contribution in [2.75, 3.05) is 13.1 Å². The third-order valence-corrected chi connectivity index (χ3v) is 4.91. The van der Waals surface area contributed by atoms with Crippen molar-refractivity contribution >= 4 is 16.9 Å². The van der Waals surface area contributed by atoms with Crippen LogP contribution in [0, 0.1) is 6.92 Å². The Kier molecular flexibility index (Phi) is 4.17. The molecular formula is C19H21N5O. The quantitative estimate of drug-likeness (QED) is 0.738. The topological polar surface area (TPSA) is 63.9 Å². The molecule has 1 aliphatic rings. The smallest absolute Gasteiger partial charge is 0.242 e. The van der Waals surface area contributed by atoms with E-state index in [9.17, 15) is 4.79 Å². The molecule has 0 N–H and O–H groups in total. The Morgan fingerprint density at radius 1 is 1.28 bits per heavy atom. The van der Waals surface area contributed by atoms with Gasteiger partial charge in [0, 0.05) is 37.6 Å². The molecule has 0 aliphatic carbocycles. The molecule has 1 unspecified atom stereocenters. The van der Waals surface area contributed by atoms with Crippen LogP contribution in [0.15, 0.2) is 42.9 Å². The van der Waals surface area contributed by atoms with E-state index in [1.54, 1.807) is 12.4 Å². The number of imidazole rings is 1. The van der Waals surface area contributed by atoms with E-state index >= 15 is 0 Å². The molecule has 3 aromatic rings. The number of carbonyl (C=O) groups excluding carboxylic acids is 1. The first kappa shape index (κ1) is 15.7. The summed E-state index contributed by atoms with van der Waals surface area (Å²) in [5.74, 6) is 1.28. The fourth-order valence-corrected chi connectivity index (χ4v) is 3.60. The molecule has 2 aromatic heterocycles. The van der Waals surface area contributed by atoms with E-state index < -0.39 is 0 Å². The normalized spacial score (nSPS) is 17.8. The van der Waals surface area contributed by atoms with Gasteiger partial charge in [0.1, 0.15) is 12.4 Å². The van der Waals surface area contributed by atoms with Crippen molar-refractivity contribution in [3.05, 3.63) is 54.4 Å². The minimum Gasteiger partial charge on any atom is -0.340 e. The minimum atomic E-state index is 0.139. The lowest BCUT2D eigenvalue weighted by molar-refractivity contribution is -0.133. The van der Waals surface area contributed by atoms with Crippen LogP contribution in [-0.4, -0.2) is 43.4 Å². The molecular weight excluding hydrogens is 314 g/mol. The number of likely N-dealkylation sites (tertiary alicyclic amines) is 1. The molecule has 1 fully saturated rings. The number of benzene rings is 1. The first-order chi connectivity index (χ1) is 12.2. The van der Waals surface area contributed by atoms with Gasteiger partial charge in [0.15, 0.2) is 0 Å². The molecule has 25 heavy (non-hydrogen) atoms. The van der Waals surface area contributed by atoms with Gasteiger partial charge in [0.2, 0.25) is 5.91 Å². The molecule has 1 atom stereocenters. The van der Waals surface area contributed by atoms with Crippen LogP contribution >= 0.6 is 0 Å². The number of piperidine rings is 1. The molecule has 3 heterocycles. The van der Waals surface area contributed by atoms with Crippen molar-refractivity contribution in [3.63, 3.8) is 0 Å². The maximum Gasteiger partial charge on any atom is 0.242 e. The number of amides is 1. The van der Waals surface area contributed by atoms with Gasteiger partial charge in [-0.15, -0.1) is 0 Å². The summed E-state index contributed by atoms with van der Waals surface area (Å²) in [6, 6.07) is 7.95. The average molecular weight is 335 g/mol. The van der Waals surface area contributed by atoms with Crippen LogP contribution in [0.4, 0.5) is 0 Å². The SMILES string of the molecule is Cc1nc2ccccc2n1CC(=O)N1CCCC(c2cnccn2)C1. The van der Waals surface area contributed by atoms with Gasteiger partial charge in [-0.3, -0.25) is 14.8 Å². The molecule has 1 aliphatic heterocycles. The second-order valence-corrected chi connectivity index (χ2v) is 6.54. The lowest BCUT2D eigenvalue weighted by atomic mass is 9.95. The molecule has 1 aromatic carbocycles. The largest absolute Gasteiger partial charge is 0.340 e. The summed E-state index contributed by atoms with van der Waals surface area (Å²) in [7, 11) is 0. The Morgan fingerprint density at radius 3 is 3.00 bits per heavy atom. The third kappa shape index (κ3) is 3.12. The van der Waals surface area contributed by atoms with Crippen molar-refractivity contribution < 1.29 is 4.79 Å². The maximum absolute atomic E-state index is 12.9. The highest BCUT2D eigenvalue weighted by Gasteiger charge is 2.26. The summed E-state index contributed by atoms with van der Waals surface area (Å²) in [6.45, 7) is 3.80. The summed E-state index contributed by atoms with van der Waals surface area (Å²) < 4.78 is 2.00. The van der Waals surface area contributed by atoms with Crippen LogP contribution in [0.2, 0.25) is 0 Å². The highest BCUT2D eigenvalue weighted by Crippen LogP contribution is 2.25. The highest BCUT2D eigenvalue weighted by molar-refractivity contribution is 5.81. The van der Waals surface area contributed by atoms with E-state index in [0.29, 0.717) is 13.1 Å². The van der Waals surface area contributed by atoms with Gasteiger partial charge in [0.25, 0.3) is 0 Å². The van der Waals surface area contributed by atoms with Crippen LogP contribution in [0.5, 0.6) is 0 Å². The molecule has 1 amide bonds. The fraction of sp³-hybridized carbons (Fsp3) is 0.368. The predicted octanol–water partition coefficient (Wildman–Crippen LogP) is 2.54. The number of rotatable bonds is 3. The van der Waals surface area contributed by atoms with Gasteiger partial charge in [-0.1, -0.05) is 12.1 Å². The molecule has 128 valence electrons. The number of aromatic nitrogens is 4. The molecule has 6 heteroatoms. The number of hydrogen-bond donors (Lipinski definition) is 0. The molecule has 1 saturated heterocycles. The number of para-hydroxylation sites is 2. The van der Waals surface area contributed by atoms with Gasteiger partial charge >= 0.3 is 0 Å². The second-order valence-electron chi connectivity index (χ2n) is 6.54. The van der Waals surface area contributed by atoms with Crippen LogP contribution in [0.3, 0.4) is 0 Å². The van der Waals surface area contributed by atoms with E-state index in [4.69, 9.17) is 0 Å². The Balaban J connectivity index is 1.51. The Hall–Kier alpha value is -2.76. The first-order valence-electron chi connectivity index (χ1n) is 8.68. The summed E-state index contributed by atoms with van der Waals surface area (Å²) >= 11 is 0. The fourth-order valence-electron chi connectivity index (χ4n) is 3.60. The van der Waals surface area contributed by atoms with Crippen LogP contribution in [0.25, 0.3) is 11.0 Å². The highest BCUT2D eigenvalue weighted by atomic mass is 16.2. The lowest BCUT2D eigenvalue weighted by Gasteiger charge is -2.32. The zero-order valence-electron chi connectivity index (χ0n) is 14.3. The Morgan fingerprint density at radius 2 is 2.16 bits per heavy atom. The van der Waals surface area contributed by atoms with E-state index in [-0.39, 0.29) is 11.8 Å². The van der Waals surface area contributed by atoms with Crippen molar-refractivity contribution in [3.8, 4) is 0 Å². The molecule has 6 nitrogen and oxygen atoms in total. The van der Waals surface area contributed by atoms with E-state index in [0.717, 1.165) is 41.9 Å². The summed E-state index contributed by atoms with van der Waals surface area (Å²) in [5.41, 5.74) is 2.92. The predicted molar refractivity (Wildman–Crippen MR) is 95.1 cm³/mol. The van der Waals surface area contributed by atoms with E-state index in [2.05, 4.69) is 15.0 Å². The Labute approximate surface area is 146 Å². The summed E-state index contributed by atoms with van der Waals surface area (Å²) in [6.07, 6.45) is 7.26. The van der Waals surface area contributed by atoms with E-state index in [1.165, 1.54) is 0 Å². The number of aryl methyl sites for hydroxylation is 1.